The maximum atomic E-state index is 12.8. The lowest BCUT2D eigenvalue weighted by Crippen LogP contribution is -2.36. The molecule has 17 heavy (non-hydrogen) atoms. The Balaban J connectivity index is 2.45. The summed E-state index contributed by atoms with van der Waals surface area (Å²) in [6, 6.07) is 6.42. The molecule has 0 radical (unpaired) electrons. The molecule has 0 fully saturated rings. The van der Waals surface area contributed by atoms with E-state index in [0.29, 0.717) is 5.75 Å². The number of rotatable bonds is 5. The number of benzene rings is 1. The second kappa shape index (κ2) is 5.56. The molecule has 0 N–H and O–H groups in total. The van der Waals surface area contributed by atoms with Crippen LogP contribution in [0.4, 0.5) is 17.6 Å². The first kappa shape index (κ1) is 14.8. The molecule has 0 saturated heterocycles. The summed E-state index contributed by atoms with van der Waals surface area (Å²) in [5, 5.41) is 0. The van der Waals surface area contributed by atoms with E-state index in [9.17, 15) is 17.6 Å². The van der Waals surface area contributed by atoms with Crippen molar-refractivity contribution in [2.45, 2.75) is 17.2 Å². The van der Waals surface area contributed by atoms with Crippen molar-refractivity contribution in [3.8, 4) is 5.75 Å². The molecule has 1 nitrogen and oxygen atoms in total. The van der Waals surface area contributed by atoms with Crippen LogP contribution >= 0.6 is 31.9 Å². The third-order valence-electron chi connectivity index (χ3n) is 1.91. The summed E-state index contributed by atoms with van der Waals surface area (Å²) in [5.74, 6) is -3.79. The molecule has 0 spiro atoms. The Morgan fingerprint density at radius 1 is 1.06 bits per heavy atom. The predicted molar refractivity (Wildman–Crippen MR) is 63.1 cm³/mol. The van der Waals surface area contributed by atoms with Crippen LogP contribution in [0.5, 0.6) is 5.75 Å². The summed E-state index contributed by atoms with van der Waals surface area (Å²) in [6.07, 6.45) is -1.07. The van der Waals surface area contributed by atoms with Gasteiger partial charge in [-0.2, -0.15) is 17.6 Å². The Hall–Kier alpha value is -0.300. The lowest BCUT2D eigenvalue weighted by molar-refractivity contribution is -0.154. The van der Waals surface area contributed by atoms with Gasteiger partial charge in [-0.15, -0.1) is 0 Å². The maximum Gasteiger partial charge on any atom is 0.363 e. The van der Waals surface area contributed by atoms with E-state index in [0.717, 1.165) is 4.47 Å². The van der Waals surface area contributed by atoms with Gasteiger partial charge in [0, 0.05) is 4.47 Å². The molecule has 0 atom stereocenters. The van der Waals surface area contributed by atoms with Gasteiger partial charge in [0.15, 0.2) is 0 Å². The largest absolute Gasteiger partial charge is 0.493 e. The summed E-state index contributed by atoms with van der Waals surface area (Å²) < 4.78 is 56.1. The van der Waals surface area contributed by atoms with E-state index in [1.54, 1.807) is 40.2 Å². The molecule has 0 bridgehead atoms. The van der Waals surface area contributed by atoms with Crippen LogP contribution in [0, 0.1) is 0 Å². The van der Waals surface area contributed by atoms with Crippen molar-refractivity contribution in [3.05, 3.63) is 28.7 Å². The highest BCUT2D eigenvalue weighted by molar-refractivity contribution is 9.10. The van der Waals surface area contributed by atoms with Gasteiger partial charge < -0.3 is 4.74 Å². The summed E-state index contributed by atoms with van der Waals surface area (Å²) in [6.45, 7) is -0.490. The molecule has 96 valence electrons. The molecular formula is C10H8Br2F4O. The fourth-order valence-corrected chi connectivity index (χ4v) is 1.43. The summed E-state index contributed by atoms with van der Waals surface area (Å²) >= 11 is 4.84. The average molecular weight is 380 g/mol. The van der Waals surface area contributed by atoms with E-state index < -0.39 is 23.8 Å². The molecular weight excluding hydrogens is 372 g/mol. The minimum Gasteiger partial charge on any atom is -0.493 e. The van der Waals surface area contributed by atoms with Crippen molar-refractivity contribution < 1.29 is 22.3 Å². The van der Waals surface area contributed by atoms with E-state index in [2.05, 4.69) is 15.9 Å². The van der Waals surface area contributed by atoms with Gasteiger partial charge in [-0.3, -0.25) is 0 Å². The summed E-state index contributed by atoms with van der Waals surface area (Å²) in [5.41, 5.74) is 0. The Bertz CT molecular complexity index is 362. The number of halogens is 6. The van der Waals surface area contributed by atoms with Gasteiger partial charge in [0.25, 0.3) is 0 Å². The molecule has 7 heteroatoms. The molecule has 0 heterocycles. The molecule has 0 aliphatic heterocycles. The van der Waals surface area contributed by atoms with Crippen LogP contribution < -0.4 is 4.74 Å². The van der Waals surface area contributed by atoms with Crippen LogP contribution in [-0.2, 0) is 0 Å². The lowest BCUT2D eigenvalue weighted by Gasteiger charge is -2.21. The standard InChI is InChI=1S/C10H8Br2F4O/c11-7-1-3-8(4-2-7)17-6-5-9(13,14)10(12,15)16/h1-4H,5-6H2. The zero-order valence-corrected chi connectivity index (χ0v) is 11.6. The summed E-state index contributed by atoms with van der Waals surface area (Å²) in [4.78, 5) is -4.22. The van der Waals surface area contributed by atoms with Gasteiger partial charge in [-0.25, -0.2) is 0 Å². The SMILES string of the molecule is FC(F)(Br)C(F)(F)CCOc1ccc(Br)cc1. The van der Waals surface area contributed by atoms with Gasteiger partial charge in [0.1, 0.15) is 5.75 Å². The van der Waals surface area contributed by atoms with Gasteiger partial charge in [0.2, 0.25) is 0 Å². The Labute approximate surface area is 112 Å². The maximum absolute atomic E-state index is 12.8. The second-order valence-corrected chi connectivity index (χ2v) is 5.17. The van der Waals surface area contributed by atoms with E-state index >= 15 is 0 Å². The van der Waals surface area contributed by atoms with Gasteiger partial charge in [0.05, 0.1) is 13.0 Å². The zero-order valence-electron chi connectivity index (χ0n) is 8.40. The Morgan fingerprint density at radius 3 is 2.06 bits per heavy atom. The molecule has 0 aromatic heterocycles. The van der Waals surface area contributed by atoms with Crippen LogP contribution in [-0.4, -0.2) is 17.4 Å². The molecule has 0 saturated carbocycles. The second-order valence-electron chi connectivity index (χ2n) is 3.25. The molecule has 1 aromatic rings. The number of hydrogen-bond acceptors (Lipinski definition) is 1. The minimum atomic E-state index is -4.22. The zero-order chi connectivity index (χ0) is 13.1. The first-order valence-electron chi connectivity index (χ1n) is 4.55. The first-order chi connectivity index (χ1) is 7.72. The number of hydrogen-bond donors (Lipinski definition) is 0. The van der Waals surface area contributed by atoms with Gasteiger partial charge >= 0.3 is 10.8 Å². The topological polar surface area (TPSA) is 9.23 Å². The third-order valence-corrected chi connectivity index (χ3v) is 3.02. The monoisotopic (exact) mass is 378 g/mol. The van der Waals surface area contributed by atoms with Gasteiger partial charge in [-0.1, -0.05) is 15.9 Å². The van der Waals surface area contributed by atoms with Crippen molar-refractivity contribution in [2.75, 3.05) is 6.61 Å². The summed E-state index contributed by atoms with van der Waals surface area (Å²) in [7, 11) is 0. The van der Waals surface area contributed by atoms with E-state index in [-0.39, 0.29) is 0 Å². The van der Waals surface area contributed by atoms with Crippen LogP contribution in [0.25, 0.3) is 0 Å². The minimum absolute atomic E-state index is 0.349. The van der Waals surface area contributed by atoms with Crippen LogP contribution in [0.1, 0.15) is 6.42 Å². The average Bonchev–Trinajstić information content (AvgIpc) is 2.19. The molecule has 0 aliphatic carbocycles. The highest BCUT2D eigenvalue weighted by Crippen LogP contribution is 2.41. The van der Waals surface area contributed by atoms with E-state index in [1.165, 1.54) is 0 Å². The Morgan fingerprint density at radius 2 is 1.59 bits per heavy atom. The smallest absolute Gasteiger partial charge is 0.363 e. The van der Waals surface area contributed by atoms with Crippen LogP contribution in [0.3, 0.4) is 0 Å². The van der Waals surface area contributed by atoms with E-state index in [1.807, 2.05) is 0 Å². The fourth-order valence-electron chi connectivity index (χ4n) is 0.970. The molecule has 1 rings (SSSR count). The highest BCUT2D eigenvalue weighted by atomic mass is 79.9. The predicted octanol–water partition coefficient (Wildman–Crippen LogP) is 4.84. The van der Waals surface area contributed by atoms with Crippen molar-refractivity contribution in [3.63, 3.8) is 0 Å². The fraction of sp³-hybridized carbons (Fsp3) is 0.400. The highest BCUT2D eigenvalue weighted by Gasteiger charge is 2.53. The van der Waals surface area contributed by atoms with Gasteiger partial charge in [-0.05, 0) is 40.2 Å². The van der Waals surface area contributed by atoms with Crippen molar-refractivity contribution in [1.82, 2.24) is 0 Å². The third kappa shape index (κ3) is 4.46. The molecule has 0 amide bonds. The van der Waals surface area contributed by atoms with Crippen molar-refractivity contribution >= 4 is 31.9 Å². The molecule has 1 aromatic carbocycles. The van der Waals surface area contributed by atoms with Crippen LogP contribution in [0.2, 0.25) is 0 Å². The molecule has 0 unspecified atom stereocenters. The lowest BCUT2D eigenvalue weighted by atomic mass is 10.2. The number of alkyl halides is 5. The van der Waals surface area contributed by atoms with Crippen LogP contribution in [0.15, 0.2) is 28.7 Å². The van der Waals surface area contributed by atoms with Crippen molar-refractivity contribution in [1.29, 1.82) is 0 Å². The Kier molecular flexibility index (Phi) is 4.83. The van der Waals surface area contributed by atoms with E-state index in [4.69, 9.17) is 4.74 Å². The first-order valence-corrected chi connectivity index (χ1v) is 6.14. The number of ether oxygens (including phenoxy) is 1. The normalized spacial score (nSPS) is 12.6. The quantitative estimate of drug-likeness (QED) is 0.525. The van der Waals surface area contributed by atoms with Crippen molar-refractivity contribution in [2.24, 2.45) is 0 Å². The molecule has 0 aliphatic rings.